The van der Waals surface area contributed by atoms with Crippen molar-refractivity contribution in [3.8, 4) is 18.2 Å². The Bertz CT molecular complexity index is 565. The van der Waals surface area contributed by atoms with Crippen LogP contribution in [0.25, 0.3) is 0 Å². The Hall–Kier alpha value is -2.57. The Morgan fingerprint density at radius 3 is 2.11 bits per heavy atom. The molecule has 0 saturated carbocycles. The summed E-state index contributed by atoms with van der Waals surface area (Å²) in [6, 6.07) is 9.17. The van der Waals surface area contributed by atoms with Crippen LogP contribution in [0.15, 0.2) is 24.8 Å². The highest BCUT2D eigenvalue weighted by molar-refractivity contribution is 5.53. The molecule has 0 unspecified atom stereocenters. The number of hydrogen-bond acceptors (Lipinski definition) is 3. The molecule has 1 aromatic carbocycles. The van der Waals surface area contributed by atoms with Crippen LogP contribution < -0.4 is 0 Å². The quantitative estimate of drug-likeness (QED) is 0.581. The fourth-order valence-electron chi connectivity index (χ4n) is 1.74. The molecule has 0 amide bonds. The highest BCUT2D eigenvalue weighted by Gasteiger charge is 2.09. The maximum absolute atomic E-state index is 9.05. The second kappa shape index (κ2) is 6.89. The minimum Gasteiger partial charge on any atom is -0.192 e. The van der Waals surface area contributed by atoms with Crippen molar-refractivity contribution in [3.63, 3.8) is 0 Å². The van der Waals surface area contributed by atoms with Crippen LogP contribution in [-0.2, 0) is 6.42 Å². The van der Waals surface area contributed by atoms with E-state index in [2.05, 4.69) is 12.6 Å². The Balaban J connectivity index is 2.98. The molecule has 88 valence electrons. The highest BCUT2D eigenvalue weighted by Crippen LogP contribution is 2.18. The monoisotopic (exact) mass is 235 g/mol. The van der Waals surface area contributed by atoms with Crippen molar-refractivity contribution in [2.45, 2.75) is 25.7 Å². The number of nitrogens with zero attached hydrogens (tertiary/aromatic N) is 3. The molecule has 3 nitrogen and oxygen atoms in total. The number of hydrogen-bond donors (Lipinski definition) is 0. The summed E-state index contributed by atoms with van der Waals surface area (Å²) in [7, 11) is 0. The second-order valence-electron chi connectivity index (χ2n) is 3.92. The van der Waals surface area contributed by atoms with Gasteiger partial charge in [0.15, 0.2) is 0 Å². The van der Waals surface area contributed by atoms with Crippen molar-refractivity contribution in [3.05, 3.63) is 47.0 Å². The van der Waals surface area contributed by atoms with Crippen molar-refractivity contribution in [2.24, 2.45) is 0 Å². The predicted molar refractivity (Wildman–Crippen MR) is 68.3 cm³/mol. The molecule has 0 heterocycles. The van der Waals surface area contributed by atoms with E-state index in [4.69, 9.17) is 15.8 Å². The van der Waals surface area contributed by atoms with Gasteiger partial charge >= 0.3 is 0 Å². The van der Waals surface area contributed by atoms with Gasteiger partial charge in [-0.05, 0) is 43.4 Å². The normalized spacial score (nSPS) is 8.94. The number of benzene rings is 1. The molecule has 3 heteroatoms. The van der Waals surface area contributed by atoms with Gasteiger partial charge in [0.25, 0.3) is 0 Å². The molecule has 0 aliphatic rings. The van der Waals surface area contributed by atoms with Crippen LogP contribution in [0, 0.1) is 34.0 Å². The third kappa shape index (κ3) is 3.21. The maximum Gasteiger partial charge on any atom is 0.101 e. The summed E-state index contributed by atoms with van der Waals surface area (Å²) >= 11 is 0. The highest BCUT2D eigenvalue weighted by atomic mass is 14.3. The number of rotatable bonds is 5. The lowest BCUT2D eigenvalue weighted by molar-refractivity contribution is 0.747. The van der Waals surface area contributed by atoms with E-state index in [0.29, 0.717) is 11.1 Å². The van der Waals surface area contributed by atoms with Crippen LogP contribution in [0.2, 0.25) is 0 Å². The van der Waals surface area contributed by atoms with Crippen LogP contribution >= 0.6 is 0 Å². The lowest BCUT2D eigenvalue weighted by atomic mass is 9.96. The van der Waals surface area contributed by atoms with Gasteiger partial charge in [0.2, 0.25) is 0 Å². The van der Waals surface area contributed by atoms with Gasteiger partial charge in [-0.1, -0.05) is 6.08 Å². The SMILES string of the molecule is C=CCCCCc1cc(C#N)c(C#N)cc1C#N. The lowest BCUT2D eigenvalue weighted by Crippen LogP contribution is -1.95. The second-order valence-corrected chi connectivity index (χ2v) is 3.92. The van der Waals surface area contributed by atoms with E-state index in [9.17, 15) is 0 Å². The van der Waals surface area contributed by atoms with Gasteiger partial charge in [-0.3, -0.25) is 0 Å². The molecule has 0 bridgehead atoms. The van der Waals surface area contributed by atoms with Crippen LogP contribution in [0.3, 0.4) is 0 Å². The number of nitriles is 3. The molecule has 0 aromatic heterocycles. The molecule has 0 aliphatic carbocycles. The molecule has 0 spiro atoms. The van der Waals surface area contributed by atoms with Gasteiger partial charge in [0, 0.05) is 0 Å². The third-order valence-electron chi connectivity index (χ3n) is 2.71. The number of unbranched alkanes of at least 4 members (excludes halogenated alkanes) is 2. The predicted octanol–water partition coefficient (Wildman–Crippen LogP) is 3.20. The average molecular weight is 235 g/mol. The molecule has 0 fully saturated rings. The van der Waals surface area contributed by atoms with E-state index >= 15 is 0 Å². The average Bonchev–Trinajstić information content (AvgIpc) is 2.42. The van der Waals surface area contributed by atoms with Gasteiger partial charge in [-0.2, -0.15) is 15.8 Å². The zero-order chi connectivity index (χ0) is 13.4. The van der Waals surface area contributed by atoms with Crippen molar-refractivity contribution in [1.29, 1.82) is 15.8 Å². The Morgan fingerprint density at radius 2 is 1.56 bits per heavy atom. The molecule has 1 aromatic rings. The van der Waals surface area contributed by atoms with E-state index < -0.39 is 0 Å². The smallest absolute Gasteiger partial charge is 0.101 e. The fourth-order valence-corrected chi connectivity index (χ4v) is 1.74. The first-order chi connectivity index (χ1) is 8.76. The summed E-state index contributed by atoms with van der Waals surface area (Å²) in [6.07, 6.45) is 5.51. The molecule has 1 rings (SSSR count). The van der Waals surface area contributed by atoms with Gasteiger partial charge in [-0.15, -0.1) is 6.58 Å². The maximum atomic E-state index is 9.05. The molecule has 0 N–H and O–H groups in total. The molecule has 0 saturated heterocycles. The van der Waals surface area contributed by atoms with Crippen molar-refractivity contribution < 1.29 is 0 Å². The zero-order valence-electron chi connectivity index (χ0n) is 10.1. The van der Waals surface area contributed by atoms with Crippen LogP contribution in [0.4, 0.5) is 0 Å². The summed E-state index contributed by atoms with van der Waals surface area (Å²) < 4.78 is 0. The van der Waals surface area contributed by atoms with Crippen LogP contribution in [0.1, 0.15) is 41.5 Å². The largest absolute Gasteiger partial charge is 0.192 e. The lowest BCUT2D eigenvalue weighted by Gasteiger charge is -2.05. The van der Waals surface area contributed by atoms with Gasteiger partial charge in [0.05, 0.1) is 22.8 Å². The standard InChI is InChI=1S/C15H13N3/c1-2-3-4-5-6-12-7-14(10-17)15(11-18)8-13(12)9-16/h2,7-8H,1,3-6H2. The molecule has 0 atom stereocenters. The van der Waals surface area contributed by atoms with Gasteiger partial charge in [-0.25, -0.2) is 0 Å². The topological polar surface area (TPSA) is 71.4 Å². The first-order valence-electron chi connectivity index (χ1n) is 5.75. The molecule has 18 heavy (non-hydrogen) atoms. The summed E-state index contributed by atoms with van der Waals surface area (Å²) in [4.78, 5) is 0. The molecule has 0 radical (unpaired) electrons. The number of aryl methyl sites for hydroxylation is 1. The number of allylic oxidation sites excluding steroid dienone is 1. The van der Waals surface area contributed by atoms with E-state index in [0.717, 1.165) is 31.2 Å². The summed E-state index contributed by atoms with van der Waals surface area (Å²) in [5.41, 5.74) is 1.94. The Morgan fingerprint density at radius 1 is 0.944 bits per heavy atom. The van der Waals surface area contributed by atoms with E-state index in [1.165, 1.54) is 6.07 Å². The third-order valence-corrected chi connectivity index (χ3v) is 2.71. The van der Waals surface area contributed by atoms with Gasteiger partial charge < -0.3 is 0 Å². The zero-order valence-corrected chi connectivity index (χ0v) is 10.1. The summed E-state index contributed by atoms with van der Waals surface area (Å²) in [5, 5.41) is 26.9. The van der Waals surface area contributed by atoms with Crippen LogP contribution in [0.5, 0.6) is 0 Å². The minimum absolute atomic E-state index is 0.267. The minimum atomic E-state index is 0.267. The van der Waals surface area contributed by atoms with E-state index in [1.54, 1.807) is 6.07 Å². The summed E-state index contributed by atoms with van der Waals surface area (Å²) in [5.74, 6) is 0. The van der Waals surface area contributed by atoms with Crippen molar-refractivity contribution in [2.75, 3.05) is 0 Å². The molecular formula is C15H13N3. The first-order valence-corrected chi connectivity index (χ1v) is 5.75. The Kier molecular flexibility index (Phi) is 5.17. The first kappa shape index (κ1) is 13.5. The molecule has 0 aliphatic heterocycles. The molecular weight excluding hydrogens is 222 g/mol. The summed E-state index contributed by atoms with van der Waals surface area (Å²) in [6.45, 7) is 3.66. The fraction of sp³-hybridized carbons (Fsp3) is 0.267. The van der Waals surface area contributed by atoms with E-state index in [-0.39, 0.29) is 5.56 Å². The van der Waals surface area contributed by atoms with E-state index in [1.807, 2.05) is 18.2 Å². The van der Waals surface area contributed by atoms with Crippen molar-refractivity contribution >= 4 is 0 Å². The van der Waals surface area contributed by atoms with Crippen LogP contribution in [-0.4, -0.2) is 0 Å². The Labute approximate surface area is 107 Å². The van der Waals surface area contributed by atoms with Crippen molar-refractivity contribution in [1.82, 2.24) is 0 Å². The van der Waals surface area contributed by atoms with Gasteiger partial charge in [0.1, 0.15) is 12.1 Å².